The zero-order valence-electron chi connectivity index (χ0n) is 36.6. The maximum absolute atomic E-state index is 14.3. The number of hydrogen-bond acceptors (Lipinski definition) is 12. The lowest BCUT2D eigenvalue weighted by atomic mass is 10.1. The average molecular weight is 919 g/mol. The van der Waals surface area contributed by atoms with Crippen LogP contribution in [0.4, 0.5) is 8.78 Å². The summed E-state index contributed by atoms with van der Waals surface area (Å²) in [5, 5.41) is 15.0. The van der Waals surface area contributed by atoms with Gasteiger partial charge in [0.05, 0.1) is 36.1 Å². The van der Waals surface area contributed by atoms with Gasteiger partial charge in [0.2, 0.25) is 0 Å². The molecular weight excluding hydrogens is 867 g/mol. The Morgan fingerprint density at radius 1 is 0.609 bits per heavy atom. The van der Waals surface area contributed by atoms with Crippen LogP contribution in [0.2, 0.25) is 0 Å². The molecule has 4 heterocycles. The highest BCUT2D eigenvalue weighted by molar-refractivity contribution is 7.91. The van der Waals surface area contributed by atoms with E-state index in [2.05, 4.69) is 20.4 Å². The maximum atomic E-state index is 14.3. The molecule has 0 unspecified atom stereocenters. The first-order valence-electron chi connectivity index (χ1n) is 21.0. The SMILES string of the molecule is COc1cccc(C)c1-n1c(CS(=O)(=O)[C@H](C)c2ccccc2F)nnc1[C@@H]1CCCO1.COc1cccc(C)c1-n1c(CS(=O)(=O)[C@H](C)c2ccccc2F)nnc1[C@H]1CCCO1. The van der Waals surface area contributed by atoms with Crippen LogP contribution in [-0.2, 0) is 40.7 Å². The van der Waals surface area contributed by atoms with E-state index in [1.807, 2.05) is 50.2 Å². The van der Waals surface area contributed by atoms with Gasteiger partial charge in [-0.1, -0.05) is 60.7 Å². The fourth-order valence-electron chi connectivity index (χ4n) is 8.09. The molecule has 0 amide bonds. The van der Waals surface area contributed by atoms with Crippen LogP contribution in [0.25, 0.3) is 11.4 Å². The topological polar surface area (TPSA) is 167 Å². The van der Waals surface area contributed by atoms with E-state index in [0.29, 0.717) is 47.7 Å². The highest BCUT2D eigenvalue weighted by atomic mass is 32.2. The van der Waals surface area contributed by atoms with E-state index in [9.17, 15) is 25.6 Å². The van der Waals surface area contributed by atoms with Crippen LogP contribution < -0.4 is 9.47 Å². The summed E-state index contributed by atoms with van der Waals surface area (Å²) in [6.45, 7) is 8.03. The van der Waals surface area contributed by atoms with E-state index < -0.39 is 53.3 Å². The highest BCUT2D eigenvalue weighted by Crippen LogP contribution is 2.38. The van der Waals surface area contributed by atoms with Gasteiger partial charge in [0.1, 0.15) is 46.8 Å². The van der Waals surface area contributed by atoms with Crippen molar-refractivity contribution in [1.29, 1.82) is 0 Å². The fraction of sp³-hybridized carbons (Fsp3) is 0.391. The number of ether oxygens (including phenoxy) is 4. The molecule has 64 heavy (non-hydrogen) atoms. The number of aryl methyl sites for hydroxylation is 2. The van der Waals surface area contributed by atoms with Crippen LogP contribution in [0.5, 0.6) is 11.5 Å². The van der Waals surface area contributed by atoms with Gasteiger partial charge < -0.3 is 18.9 Å². The summed E-state index contributed by atoms with van der Waals surface area (Å²) in [5.74, 6) is 0.806. The first kappa shape index (κ1) is 46.4. The van der Waals surface area contributed by atoms with E-state index in [-0.39, 0.29) is 35.0 Å². The number of nitrogens with zero attached hydrogens (tertiary/aromatic N) is 6. The first-order valence-corrected chi connectivity index (χ1v) is 24.4. The standard InChI is InChI=1S/2C23H26FN3O4S/c2*1-15-8-6-11-19(30-3)22(15)27-21(25-26-23(27)20-12-7-13-31-20)14-32(28,29)16(2)17-9-4-5-10-18(17)24/h2*4-6,8-11,16,20H,7,12-14H2,1-3H3/t16-,20+;16-,20-/m11/s1. The second-order valence-corrected chi connectivity index (χ2v) is 20.5. The molecule has 4 aromatic carbocycles. The van der Waals surface area contributed by atoms with E-state index in [0.717, 1.165) is 36.8 Å². The molecule has 2 aromatic heterocycles. The maximum Gasteiger partial charge on any atom is 0.167 e. The predicted octanol–water partition coefficient (Wildman–Crippen LogP) is 8.50. The Kier molecular flexibility index (Phi) is 14.3. The molecule has 2 saturated heterocycles. The van der Waals surface area contributed by atoms with Crippen LogP contribution in [-0.4, -0.2) is 73.8 Å². The van der Waals surface area contributed by atoms with Crippen LogP contribution in [0.15, 0.2) is 84.9 Å². The molecule has 0 N–H and O–H groups in total. The summed E-state index contributed by atoms with van der Waals surface area (Å²) in [4.78, 5) is 0. The Balaban J connectivity index is 0.000000191. The second kappa shape index (κ2) is 19.7. The molecule has 8 rings (SSSR count). The molecule has 0 saturated carbocycles. The number of methoxy groups -OCH3 is 2. The molecule has 2 aliphatic rings. The summed E-state index contributed by atoms with van der Waals surface area (Å²) in [7, 11) is -4.49. The first-order chi connectivity index (χ1) is 30.7. The summed E-state index contributed by atoms with van der Waals surface area (Å²) in [6, 6.07) is 23.0. The van der Waals surface area contributed by atoms with Crippen molar-refractivity contribution in [3.05, 3.63) is 142 Å². The molecule has 0 bridgehead atoms. The summed E-state index contributed by atoms with van der Waals surface area (Å²) >= 11 is 0. The van der Waals surface area contributed by atoms with Gasteiger partial charge in [-0.2, -0.15) is 0 Å². The summed E-state index contributed by atoms with van der Waals surface area (Å²) in [6.07, 6.45) is 2.75. The molecule has 4 atom stereocenters. The minimum Gasteiger partial charge on any atom is -0.495 e. The minimum atomic E-state index is -3.81. The molecular formula is C46H52F2N6O8S2. The molecule has 6 aromatic rings. The highest BCUT2D eigenvalue weighted by Gasteiger charge is 2.34. The molecule has 0 aliphatic carbocycles. The Morgan fingerprint density at radius 3 is 1.34 bits per heavy atom. The van der Waals surface area contributed by atoms with Crippen molar-refractivity contribution in [3.8, 4) is 22.9 Å². The van der Waals surface area contributed by atoms with Crippen molar-refractivity contribution < 1.29 is 44.6 Å². The van der Waals surface area contributed by atoms with E-state index in [4.69, 9.17) is 18.9 Å². The normalized spacial score (nSPS) is 17.4. The van der Waals surface area contributed by atoms with Crippen LogP contribution in [0.1, 0.15) is 108 Å². The second-order valence-electron chi connectivity index (χ2n) is 15.8. The van der Waals surface area contributed by atoms with Gasteiger partial charge in [-0.3, -0.25) is 9.13 Å². The van der Waals surface area contributed by atoms with Gasteiger partial charge >= 0.3 is 0 Å². The molecule has 0 spiro atoms. The van der Waals surface area contributed by atoms with Gasteiger partial charge in [0.15, 0.2) is 43.0 Å². The zero-order chi connectivity index (χ0) is 45.8. The summed E-state index contributed by atoms with van der Waals surface area (Å²) in [5.41, 5.74) is 3.37. The predicted molar refractivity (Wildman–Crippen MR) is 236 cm³/mol. The van der Waals surface area contributed by atoms with Crippen molar-refractivity contribution in [2.45, 2.75) is 87.6 Å². The molecule has 0 radical (unpaired) electrons. The minimum absolute atomic E-state index is 0.131. The number of benzene rings is 4. The Morgan fingerprint density at radius 2 is 1.00 bits per heavy atom. The van der Waals surface area contributed by atoms with Crippen molar-refractivity contribution in [2.24, 2.45) is 0 Å². The van der Waals surface area contributed by atoms with Crippen molar-refractivity contribution >= 4 is 19.7 Å². The van der Waals surface area contributed by atoms with Crippen LogP contribution >= 0.6 is 0 Å². The van der Waals surface area contributed by atoms with Gasteiger partial charge in [-0.15, -0.1) is 20.4 Å². The van der Waals surface area contributed by atoms with Gasteiger partial charge in [0, 0.05) is 24.3 Å². The number of rotatable bonds is 14. The molecule has 2 aliphatic heterocycles. The molecule has 18 heteroatoms. The van der Waals surface area contributed by atoms with Gasteiger partial charge in [-0.05, 0) is 88.8 Å². The van der Waals surface area contributed by atoms with Gasteiger partial charge in [0.25, 0.3) is 0 Å². The Hall–Kier alpha value is -5.56. The molecule has 14 nitrogen and oxygen atoms in total. The van der Waals surface area contributed by atoms with E-state index >= 15 is 0 Å². The number of para-hydroxylation sites is 2. The third-order valence-electron chi connectivity index (χ3n) is 11.7. The third kappa shape index (κ3) is 9.60. The number of aromatic nitrogens is 6. The largest absolute Gasteiger partial charge is 0.495 e. The smallest absolute Gasteiger partial charge is 0.167 e. The summed E-state index contributed by atoms with van der Waals surface area (Å²) < 4.78 is 108. The zero-order valence-corrected chi connectivity index (χ0v) is 38.2. The lowest BCUT2D eigenvalue weighted by molar-refractivity contribution is 0.103. The number of halogens is 2. The fourth-order valence-corrected chi connectivity index (χ4v) is 10.8. The monoisotopic (exact) mass is 918 g/mol. The lowest BCUT2D eigenvalue weighted by Crippen LogP contribution is -2.18. The van der Waals surface area contributed by atoms with Crippen molar-refractivity contribution in [3.63, 3.8) is 0 Å². The van der Waals surface area contributed by atoms with Gasteiger partial charge in [-0.25, -0.2) is 25.6 Å². The number of sulfone groups is 2. The lowest BCUT2D eigenvalue weighted by Gasteiger charge is -2.19. The Bertz CT molecular complexity index is 2630. The number of hydrogen-bond donors (Lipinski definition) is 0. The third-order valence-corrected chi connectivity index (χ3v) is 15.6. The Labute approximate surface area is 372 Å². The van der Waals surface area contributed by atoms with Crippen molar-refractivity contribution in [1.82, 2.24) is 29.5 Å². The van der Waals surface area contributed by atoms with Crippen molar-refractivity contribution in [2.75, 3.05) is 27.4 Å². The molecule has 340 valence electrons. The van der Waals surface area contributed by atoms with E-state index in [1.54, 1.807) is 35.5 Å². The quantitative estimate of drug-likeness (QED) is 0.102. The van der Waals surface area contributed by atoms with Crippen LogP contribution in [0.3, 0.4) is 0 Å². The van der Waals surface area contributed by atoms with Crippen LogP contribution in [0, 0.1) is 25.5 Å². The van der Waals surface area contributed by atoms with E-state index in [1.165, 1.54) is 50.2 Å². The molecule has 2 fully saturated rings. The average Bonchev–Trinajstić information content (AvgIpc) is 4.13.